The quantitative estimate of drug-likeness (QED) is 0.405. The van der Waals surface area contributed by atoms with Gasteiger partial charge in [-0.3, -0.25) is 4.90 Å². The number of amides is 2. The maximum absolute atomic E-state index is 13.9. The molecule has 1 heterocycles. The molecule has 0 spiro atoms. The van der Waals surface area contributed by atoms with E-state index in [0.29, 0.717) is 11.6 Å². The van der Waals surface area contributed by atoms with E-state index in [1.807, 2.05) is 42.5 Å². The third-order valence-electron chi connectivity index (χ3n) is 7.77. The second kappa shape index (κ2) is 9.45. The molecule has 2 aromatic carbocycles. The summed E-state index contributed by atoms with van der Waals surface area (Å²) in [5, 5.41) is 4.12. The van der Waals surface area contributed by atoms with Gasteiger partial charge in [-0.2, -0.15) is 0 Å². The van der Waals surface area contributed by atoms with Crippen molar-refractivity contribution in [2.45, 2.75) is 71.6 Å². The lowest BCUT2D eigenvalue weighted by Crippen LogP contribution is -2.69. The number of benzene rings is 2. The van der Waals surface area contributed by atoms with Crippen molar-refractivity contribution in [3.63, 3.8) is 0 Å². The van der Waals surface area contributed by atoms with Crippen molar-refractivity contribution in [1.29, 1.82) is 0 Å². The molecule has 1 fully saturated rings. The minimum Gasteiger partial charge on any atom is -0.497 e. The number of methoxy groups -OCH3 is 1. The molecule has 2 aromatic rings. The number of carbonyl (C=O) groups is 1. The Balaban J connectivity index is 1.83. The minimum atomic E-state index is -0.715. The highest BCUT2D eigenvalue weighted by atomic mass is 35.5. The molecular weight excluding hydrogens is 476 g/mol. The second-order valence-corrected chi connectivity index (χ2v) is 12.1. The van der Waals surface area contributed by atoms with E-state index in [1.54, 1.807) is 12.0 Å². The van der Waals surface area contributed by atoms with Crippen LogP contribution in [0.2, 0.25) is 5.02 Å². The summed E-state index contributed by atoms with van der Waals surface area (Å²) in [6, 6.07) is 13.5. The summed E-state index contributed by atoms with van der Waals surface area (Å²) >= 11 is 6.59. The van der Waals surface area contributed by atoms with Crippen LogP contribution in [0.3, 0.4) is 0 Å². The molecule has 1 aliphatic carbocycles. The van der Waals surface area contributed by atoms with Gasteiger partial charge in [0.1, 0.15) is 5.75 Å². The number of hydrogen-bond acceptors (Lipinski definition) is 3. The molecule has 0 saturated heterocycles. The predicted molar refractivity (Wildman–Crippen MR) is 142 cm³/mol. The Hall–Kier alpha value is -2.02. The minimum absolute atomic E-state index is 0.104. The van der Waals surface area contributed by atoms with Crippen molar-refractivity contribution in [1.82, 2.24) is 5.32 Å². The average molecular weight is 512 g/mol. The van der Waals surface area contributed by atoms with Gasteiger partial charge in [0.15, 0.2) is 0 Å². The number of nitrogens with zero attached hydrogens (tertiary/aromatic N) is 1. The van der Waals surface area contributed by atoms with Crippen molar-refractivity contribution in [3.8, 4) is 5.75 Å². The van der Waals surface area contributed by atoms with Crippen LogP contribution < -0.4 is 15.0 Å². The Bertz CT molecular complexity index is 1080. The van der Waals surface area contributed by atoms with Gasteiger partial charge in [0.05, 0.1) is 30.5 Å². The number of urea groups is 1. The van der Waals surface area contributed by atoms with Crippen LogP contribution in [0.25, 0.3) is 0 Å². The summed E-state index contributed by atoms with van der Waals surface area (Å²) in [5.74, 6) is 1.19. The van der Waals surface area contributed by atoms with Gasteiger partial charge in [0.2, 0.25) is 10.5 Å². The van der Waals surface area contributed by atoms with E-state index in [1.165, 1.54) is 0 Å². The van der Waals surface area contributed by atoms with E-state index >= 15 is 0 Å². The first-order chi connectivity index (χ1) is 16.4. The number of nitrogens with one attached hydrogen (secondary N) is 1. The summed E-state index contributed by atoms with van der Waals surface area (Å²) in [5.41, 5.74) is 1.58. The molecule has 0 aromatic heterocycles. The molecular formula is C28H36ClN2O3Si. The third-order valence-corrected chi connectivity index (χ3v) is 8.43. The Morgan fingerprint density at radius 2 is 1.83 bits per heavy atom. The number of anilines is 1. The number of hydrogen-bond donors (Lipinski definition) is 1. The zero-order chi connectivity index (χ0) is 25.6. The Morgan fingerprint density at radius 1 is 1.17 bits per heavy atom. The van der Waals surface area contributed by atoms with Crippen molar-refractivity contribution >= 4 is 33.8 Å². The van der Waals surface area contributed by atoms with Crippen LogP contribution in [-0.2, 0) is 16.5 Å². The fourth-order valence-corrected chi connectivity index (χ4v) is 6.40. The van der Waals surface area contributed by atoms with Crippen LogP contribution in [0.1, 0.15) is 65.0 Å². The lowest BCUT2D eigenvalue weighted by atomic mass is 9.62. The summed E-state index contributed by atoms with van der Waals surface area (Å²) < 4.78 is 11.5. The van der Waals surface area contributed by atoms with Crippen molar-refractivity contribution in [2.75, 3.05) is 12.0 Å². The van der Waals surface area contributed by atoms with E-state index in [0.717, 1.165) is 41.8 Å². The SMILES string of the molecule is COc1ccc(CN2C(=O)NC(C3CC3)(C(C)(O[Si])C(C)CC(C)(C)C)c3cc(Cl)ccc32)cc1. The molecule has 7 heteroatoms. The van der Waals surface area contributed by atoms with E-state index < -0.39 is 11.1 Å². The van der Waals surface area contributed by atoms with Gasteiger partial charge in [0, 0.05) is 10.6 Å². The molecule has 3 atom stereocenters. The normalized spacial score (nSPS) is 22.7. The highest BCUT2D eigenvalue weighted by molar-refractivity contribution is 6.30. The maximum Gasteiger partial charge on any atom is 0.323 e. The molecule has 5 nitrogen and oxygen atoms in total. The lowest BCUT2D eigenvalue weighted by Gasteiger charge is -2.56. The number of halogens is 1. The molecule has 1 aliphatic heterocycles. The summed E-state index contributed by atoms with van der Waals surface area (Å²) in [4.78, 5) is 15.7. The third kappa shape index (κ3) is 4.73. The summed E-state index contributed by atoms with van der Waals surface area (Å²) in [7, 11) is 5.12. The molecule has 1 N–H and O–H groups in total. The molecule has 187 valence electrons. The maximum atomic E-state index is 13.9. The van der Waals surface area contributed by atoms with Crippen molar-refractivity contribution < 1.29 is 14.0 Å². The molecule has 1 saturated carbocycles. The molecule has 2 aliphatic rings. The first kappa shape index (κ1) is 26.1. The van der Waals surface area contributed by atoms with Gasteiger partial charge in [-0.05, 0) is 79.3 Å². The highest BCUT2D eigenvalue weighted by Gasteiger charge is 2.63. The van der Waals surface area contributed by atoms with Crippen LogP contribution >= 0.6 is 11.6 Å². The molecule has 4 rings (SSSR count). The predicted octanol–water partition coefficient (Wildman–Crippen LogP) is 6.61. The Morgan fingerprint density at radius 3 is 2.37 bits per heavy atom. The van der Waals surface area contributed by atoms with Gasteiger partial charge in [-0.15, -0.1) is 0 Å². The summed E-state index contributed by atoms with van der Waals surface area (Å²) in [6.07, 6.45) is 2.99. The molecule has 3 radical (unpaired) electrons. The van der Waals surface area contributed by atoms with Crippen LogP contribution in [0, 0.1) is 17.3 Å². The number of fused-ring (bicyclic) bond motifs is 1. The van der Waals surface area contributed by atoms with E-state index in [9.17, 15) is 4.79 Å². The van der Waals surface area contributed by atoms with Crippen LogP contribution in [-0.4, -0.2) is 29.2 Å². The fourth-order valence-electron chi connectivity index (χ4n) is 5.86. The van der Waals surface area contributed by atoms with Crippen LogP contribution in [0.4, 0.5) is 10.5 Å². The van der Waals surface area contributed by atoms with Gasteiger partial charge in [-0.1, -0.05) is 51.4 Å². The molecule has 35 heavy (non-hydrogen) atoms. The molecule has 2 amide bonds. The molecule has 0 bridgehead atoms. The van der Waals surface area contributed by atoms with Gasteiger partial charge < -0.3 is 14.5 Å². The van der Waals surface area contributed by atoms with E-state index in [4.69, 9.17) is 20.8 Å². The summed E-state index contributed by atoms with van der Waals surface area (Å²) in [6.45, 7) is 11.5. The number of ether oxygens (including phenoxy) is 1. The number of carbonyl (C=O) groups excluding carboxylic acids is 1. The Kier molecular flexibility index (Phi) is 7.04. The van der Waals surface area contributed by atoms with Gasteiger partial charge >= 0.3 is 6.03 Å². The molecule has 3 unspecified atom stereocenters. The Labute approximate surface area is 218 Å². The van der Waals surface area contributed by atoms with Crippen LogP contribution in [0.15, 0.2) is 42.5 Å². The van der Waals surface area contributed by atoms with Crippen molar-refractivity contribution in [2.24, 2.45) is 17.3 Å². The van der Waals surface area contributed by atoms with Crippen LogP contribution in [0.5, 0.6) is 5.75 Å². The smallest absolute Gasteiger partial charge is 0.323 e. The fraction of sp³-hybridized carbons (Fsp3) is 0.536. The first-order valence-electron chi connectivity index (χ1n) is 12.3. The van der Waals surface area contributed by atoms with E-state index in [2.05, 4.69) is 50.4 Å². The van der Waals surface area contributed by atoms with Crippen molar-refractivity contribution in [3.05, 3.63) is 58.6 Å². The lowest BCUT2D eigenvalue weighted by molar-refractivity contribution is -0.0721. The zero-order valence-corrected chi connectivity index (χ0v) is 23.3. The average Bonchev–Trinajstić information content (AvgIpc) is 3.65. The second-order valence-electron chi connectivity index (χ2n) is 11.5. The zero-order valence-electron chi connectivity index (χ0n) is 21.6. The van der Waals surface area contributed by atoms with E-state index in [-0.39, 0.29) is 23.3 Å². The largest absolute Gasteiger partial charge is 0.497 e. The first-order valence-corrected chi connectivity index (χ1v) is 13.1. The number of rotatable bonds is 8. The highest BCUT2D eigenvalue weighted by Crippen LogP contribution is 2.59. The van der Waals surface area contributed by atoms with Gasteiger partial charge in [-0.25, -0.2) is 4.79 Å². The topological polar surface area (TPSA) is 50.8 Å². The van der Waals surface area contributed by atoms with Gasteiger partial charge in [0.25, 0.3) is 0 Å². The standard InChI is InChI=1S/C28H36ClN2O3Si/c1-18(16-26(2,3)4)27(5,34-35)28(20-9-10-20)23-15-21(29)11-14-24(23)31(25(32)30-28)17-19-7-12-22(33-6)13-8-19/h7-8,11-15,18,20H,9-10,16-17H2,1-6H3,(H,30,32). The monoisotopic (exact) mass is 511 g/mol.